The number of aryl methyl sites for hydroxylation is 1. The smallest absolute Gasteiger partial charge is 0.240 e. The maximum Gasteiger partial charge on any atom is 0.240 e. The maximum absolute atomic E-state index is 12.0. The van der Waals surface area contributed by atoms with E-state index in [9.17, 15) is 8.42 Å². The van der Waals surface area contributed by atoms with E-state index in [-0.39, 0.29) is 10.8 Å². The molecular weight excluding hydrogens is 318 g/mol. The Kier molecular flexibility index (Phi) is 5.78. The first kappa shape index (κ1) is 15.6. The Morgan fingerprint density at radius 3 is 2.67 bits per heavy atom. The van der Waals surface area contributed by atoms with E-state index >= 15 is 0 Å². The van der Waals surface area contributed by atoms with E-state index < -0.39 is 10.0 Å². The number of sulfonamides is 1. The van der Waals surface area contributed by atoms with Gasteiger partial charge in [0.05, 0.1) is 4.90 Å². The molecule has 0 saturated carbocycles. The first-order chi connectivity index (χ1) is 8.36. The highest BCUT2D eigenvalue weighted by Crippen LogP contribution is 2.19. The molecule has 0 aliphatic heterocycles. The van der Waals surface area contributed by atoms with Crippen molar-refractivity contribution in [2.45, 2.75) is 18.7 Å². The molecule has 18 heavy (non-hydrogen) atoms. The number of rotatable bonds is 6. The van der Waals surface area contributed by atoms with Crippen molar-refractivity contribution < 1.29 is 13.2 Å². The SMILES string of the molecule is COCC(C)CNS(=O)(=O)c1ccc(Br)c(C)c1. The third-order valence-electron chi connectivity index (χ3n) is 2.51. The minimum atomic E-state index is -3.44. The van der Waals surface area contributed by atoms with Crippen LogP contribution in [0.4, 0.5) is 0 Å². The predicted molar refractivity (Wildman–Crippen MR) is 75.1 cm³/mol. The molecule has 0 saturated heterocycles. The lowest BCUT2D eigenvalue weighted by molar-refractivity contribution is 0.161. The predicted octanol–water partition coefficient (Wildman–Crippen LogP) is 2.32. The van der Waals surface area contributed by atoms with Crippen molar-refractivity contribution in [2.75, 3.05) is 20.3 Å². The highest BCUT2D eigenvalue weighted by atomic mass is 79.9. The summed E-state index contributed by atoms with van der Waals surface area (Å²) >= 11 is 3.35. The second-order valence-electron chi connectivity index (χ2n) is 4.32. The van der Waals surface area contributed by atoms with Crippen LogP contribution in [0.1, 0.15) is 12.5 Å². The molecule has 0 amide bonds. The zero-order chi connectivity index (χ0) is 13.8. The third kappa shape index (κ3) is 4.35. The second-order valence-corrected chi connectivity index (χ2v) is 6.94. The first-order valence-electron chi connectivity index (χ1n) is 5.61. The van der Waals surface area contributed by atoms with E-state index in [1.807, 2.05) is 13.8 Å². The van der Waals surface area contributed by atoms with E-state index in [4.69, 9.17) is 4.74 Å². The summed E-state index contributed by atoms with van der Waals surface area (Å²) in [6.45, 7) is 4.68. The minimum Gasteiger partial charge on any atom is -0.384 e. The Hall–Kier alpha value is -0.430. The molecule has 102 valence electrons. The summed E-state index contributed by atoms with van der Waals surface area (Å²) in [4.78, 5) is 0.285. The molecule has 0 aromatic heterocycles. The van der Waals surface area contributed by atoms with Crippen LogP contribution in [0.5, 0.6) is 0 Å². The molecular formula is C12H18BrNO3S. The Labute approximate surface area is 117 Å². The lowest BCUT2D eigenvalue weighted by Gasteiger charge is -2.12. The molecule has 1 aromatic carbocycles. The fraction of sp³-hybridized carbons (Fsp3) is 0.500. The van der Waals surface area contributed by atoms with E-state index in [0.717, 1.165) is 10.0 Å². The Morgan fingerprint density at radius 2 is 2.11 bits per heavy atom. The van der Waals surface area contributed by atoms with Gasteiger partial charge in [0.1, 0.15) is 0 Å². The van der Waals surface area contributed by atoms with Gasteiger partial charge in [-0.3, -0.25) is 0 Å². The van der Waals surface area contributed by atoms with Gasteiger partial charge in [-0.1, -0.05) is 22.9 Å². The number of hydrogen-bond acceptors (Lipinski definition) is 3. The largest absolute Gasteiger partial charge is 0.384 e. The highest BCUT2D eigenvalue weighted by molar-refractivity contribution is 9.10. The number of hydrogen-bond donors (Lipinski definition) is 1. The average molecular weight is 336 g/mol. The molecule has 1 rings (SSSR count). The summed E-state index contributed by atoms with van der Waals surface area (Å²) < 4.78 is 32.5. The van der Waals surface area contributed by atoms with Crippen molar-refractivity contribution in [3.05, 3.63) is 28.2 Å². The van der Waals surface area contributed by atoms with Crippen molar-refractivity contribution in [3.63, 3.8) is 0 Å². The van der Waals surface area contributed by atoms with Gasteiger partial charge in [0.2, 0.25) is 10.0 Å². The van der Waals surface area contributed by atoms with Gasteiger partial charge in [0.25, 0.3) is 0 Å². The Bertz CT molecular complexity index is 502. The van der Waals surface area contributed by atoms with Crippen LogP contribution in [-0.4, -0.2) is 28.7 Å². The van der Waals surface area contributed by atoms with Gasteiger partial charge in [-0.15, -0.1) is 0 Å². The van der Waals surface area contributed by atoms with Gasteiger partial charge in [-0.05, 0) is 36.6 Å². The van der Waals surface area contributed by atoms with Crippen LogP contribution in [0.15, 0.2) is 27.6 Å². The number of nitrogens with one attached hydrogen (secondary N) is 1. The van der Waals surface area contributed by atoms with Crippen LogP contribution in [0, 0.1) is 12.8 Å². The van der Waals surface area contributed by atoms with Crippen molar-refractivity contribution in [1.29, 1.82) is 0 Å². The molecule has 0 spiro atoms. The molecule has 0 aliphatic rings. The molecule has 1 aromatic rings. The number of ether oxygens (including phenoxy) is 1. The normalized spacial score (nSPS) is 13.6. The number of halogens is 1. The Morgan fingerprint density at radius 1 is 1.44 bits per heavy atom. The van der Waals surface area contributed by atoms with Gasteiger partial charge >= 0.3 is 0 Å². The zero-order valence-corrected chi connectivity index (χ0v) is 13.1. The maximum atomic E-state index is 12.0. The summed E-state index contributed by atoms with van der Waals surface area (Å²) in [6, 6.07) is 4.97. The first-order valence-corrected chi connectivity index (χ1v) is 7.89. The molecule has 0 bridgehead atoms. The molecule has 6 heteroatoms. The van der Waals surface area contributed by atoms with E-state index in [0.29, 0.717) is 13.2 Å². The second kappa shape index (κ2) is 6.65. The average Bonchev–Trinajstić information content (AvgIpc) is 2.30. The van der Waals surface area contributed by atoms with Crippen molar-refractivity contribution in [3.8, 4) is 0 Å². The van der Waals surface area contributed by atoms with Crippen molar-refractivity contribution in [1.82, 2.24) is 4.72 Å². The standard InChI is InChI=1S/C12H18BrNO3S/c1-9(8-17-3)7-14-18(15,16)11-4-5-12(13)10(2)6-11/h4-6,9,14H,7-8H2,1-3H3. The summed E-state index contributed by atoms with van der Waals surface area (Å²) in [5, 5.41) is 0. The van der Waals surface area contributed by atoms with Crippen LogP contribution < -0.4 is 4.72 Å². The van der Waals surface area contributed by atoms with Crippen molar-refractivity contribution in [2.24, 2.45) is 5.92 Å². The van der Waals surface area contributed by atoms with Gasteiger partial charge in [-0.2, -0.15) is 0 Å². The van der Waals surface area contributed by atoms with Crippen LogP contribution in [0.3, 0.4) is 0 Å². The van der Waals surface area contributed by atoms with Gasteiger partial charge in [0.15, 0.2) is 0 Å². The van der Waals surface area contributed by atoms with Gasteiger partial charge in [-0.25, -0.2) is 13.1 Å². The zero-order valence-electron chi connectivity index (χ0n) is 10.7. The monoisotopic (exact) mass is 335 g/mol. The third-order valence-corrected chi connectivity index (χ3v) is 4.82. The molecule has 4 nitrogen and oxygen atoms in total. The van der Waals surface area contributed by atoms with Crippen LogP contribution in [0.25, 0.3) is 0 Å². The number of benzene rings is 1. The topological polar surface area (TPSA) is 55.4 Å². The molecule has 1 N–H and O–H groups in total. The van der Waals surface area contributed by atoms with E-state index in [1.165, 1.54) is 0 Å². The van der Waals surface area contributed by atoms with Crippen LogP contribution in [-0.2, 0) is 14.8 Å². The van der Waals surface area contributed by atoms with Gasteiger partial charge in [0, 0.05) is 24.7 Å². The molecule has 0 heterocycles. The fourth-order valence-electron chi connectivity index (χ4n) is 1.46. The highest BCUT2D eigenvalue weighted by Gasteiger charge is 2.15. The molecule has 0 aliphatic carbocycles. The molecule has 0 fully saturated rings. The summed E-state index contributed by atoms with van der Waals surface area (Å²) in [5.74, 6) is 0.140. The lowest BCUT2D eigenvalue weighted by atomic mass is 10.2. The minimum absolute atomic E-state index is 0.140. The van der Waals surface area contributed by atoms with E-state index in [1.54, 1.807) is 25.3 Å². The quantitative estimate of drug-likeness (QED) is 0.867. The van der Waals surface area contributed by atoms with Crippen LogP contribution >= 0.6 is 15.9 Å². The summed E-state index contributed by atoms with van der Waals surface area (Å²) in [6.07, 6.45) is 0. The molecule has 1 unspecified atom stereocenters. The summed E-state index contributed by atoms with van der Waals surface area (Å²) in [7, 11) is -1.84. The summed E-state index contributed by atoms with van der Waals surface area (Å²) in [5.41, 5.74) is 0.891. The number of methoxy groups -OCH3 is 1. The molecule has 1 atom stereocenters. The fourth-order valence-corrected chi connectivity index (χ4v) is 2.96. The van der Waals surface area contributed by atoms with Crippen molar-refractivity contribution >= 4 is 26.0 Å². The van der Waals surface area contributed by atoms with Crippen LogP contribution in [0.2, 0.25) is 0 Å². The van der Waals surface area contributed by atoms with Gasteiger partial charge < -0.3 is 4.74 Å². The molecule has 0 radical (unpaired) electrons. The Balaban J connectivity index is 2.77. The van der Waals surface area contributed by atoms with E-state index in [2.05, 4.69) is 20.7 Å². The lowest BCUT2D eigenvalue weighted by Crippen LogP contribution is -2.30.